The number of nitrogens with zero attached hydrogens (tertiary/aromatic N) is 1. The number of amides is 1. The first-order valence-electron chi connectivity index (χ1n) is 9.24. The fourth-order valence-electron chi connectivity index (χ4n) is 2.65. The maximum atomic E-state index is 12.5. The molecule has 0 atom stereocenters. The van der Waals surface area contributed by atoms with Crippen molar-refractivity contribution >= 4 is 52.3 Å². The zero-order valence-electron chi connectivity index (χ0n) is 17.1. The maximum Gasteiger partial charge on any atom is 0.343 e. The molecule has 3 rings (SSSR count). The summed E-state index contributed by atoms with van der Waals surface area (Å²) in [6.45, 7) is 0. The number of halogens is 2. The molecule has 3 aromatic carbocycles. The number of hydrazone groups is 1. The van der Waals surface area contributed by atoms with E-state index in [0.29, 0.717) is 36.8 Å². The molecular formula is C23H18ClIN2O5. The lowest BCUT2D eigenvalue weighted by molar-refractivity contribution is 0.0728. The van der Waals surface area contributed by atoms with E-state index in [1.165, 1.54) is 13.3 Å². The first-order valence-corrected chi connectivity index (χ1v) is 10.7. The van der Waals surface area contributed by atoms with Crippen molar-refractivity contribution < 1.29 is 23.8 Å². The molecule has 0 spiro atoms. The van der Waals surface area contributed by atoms with Crippen LogP contribution in [0.4, 0.5) is 0 Å². The lowest BCUT2D eigenvalue weighted by Crippen LogP contribution is -2.17. The molecule has 0 fully saturated rings. The van der Waals surface area contributed by atoms with Crippen LogP contribution in [0.15, 0.2) is 65.8 Å². The number of carbonyl (C=O) groups excluding carboxylic acids is 2. The number of esters is 1. The van der Waals surface area contributed by atoms with Gasteiger partial charge in [-0.05, 0) is 82.8 Å². The molecule has 1 N–H and O–H groups in total. The van der Waals surface area contributed by atoms with Crippen molar-refractivity contribution in [3.8, 4) is 17.2 Å². The van der Waals surface area contributed by atoms with Crippen molar-refractivity contribution in [3.05, 3.63) is 85.9 Å². The van der Waals surface area contributed by atoms with Crippen molar-refractivity contribution in [2.24, 2.45) is 5.10 Å². The summed E-state index contributed by atoms with van der Waals surface area (Å²) in [5.41, 5.74) is 3.85. The van der Waals surface area contributed by atoms with Gasteiger partial charge < -0.3 is 14.2 Å². The third-order valence-electron chi connectivity index (χ3n) is 4.24. The molecule has 0 aliphatic heterocycles. The molecule has 0 aromatic heterocycles. The van der Waals surface area contributed by atoms with Gasteiger partial charge >= 0.3 is 5.97 Å². The number of methoxy groups -OCH3 is 2. The Morgan fingerprint density at radius 1 is 1.00 bits per heavy atom. The van der Waals surface area contributed by atoms with E-state index < -0.39 is 11.9 Å². The smallest absolute Gasteiger partial charge is 0.343 e. The van der Waals surface area contributed by atoms with Gasteiger partial charge in [0.2, 0.25) is 0 Å². The summed E-state index contributed by atoms with van der Waals surface area (Å²) in [4.78, 5) is 24.7. The SMILES string of the molecule is COc1ccc(C(=O)Oc2c(I)cc(/C=N\NC(=O)c3cccc(Cl)c3)cc2OC)cc1. The molecule has 0 aliphatic rings. The minimum absolute atomic E-state index is 0.286. The minimum atomic E-state index is -0.529. The average molecular weight is 565 g/mol. The fraction of sp³-hybridized carbons (Fsp3) is 0.0870. The highest BCUT2D eigenvalue weighted by Gasteiger charge is 2.17. The van der Waals surface area contributed by atoms with E-state index >= 15 is 0 Å². The fourth-order valence-corrected chi connectivity index (χ4v) is 3.58. The lowest BCUT2D eigenvalue weighted by atomic mass is 10.2. The third kappa shape index (κ3) is 5.98. The zero-order chi connectivity index (χ0) is 23.1. The van der Waals surface area contributed by atoms with Crippen LogP contribution in [-0.4, -0.2) is 32.3 Å². The molecule has 0 aliphatic carbocycles. The first kappa shape index (κ1) is 23.6. The number of ether oxygens (including phenoxy) is 3. The van der Waals surface area contributed by atoms with Crippen LogP contribution >= 0.6 is 34.2 Å². The molecular weight excluding hydrogens is 547 g/mol. The van der Waals surface area contributed by atoms with Gasteiger partial charge in [0.25, 0.3) is 5.91 Å². The number of hydrogen-bond donors (Lipinski definition) is 1. The Hall–Kier alpha value is -3.11. The normalized spacial score (nSPS) is 10.6. The van der Waals surface area contributed by atoms with Crippen LogP contribution in [0.25, 0.3) is 0 Å². The van der Waals surface area contributed by atoms with Gasteiger partial charge in [0.05, 0.1) is 29.6 Å². The van der Waals surface area contributed by atoms with Crippen LogP contribution in [0.1, 0.15) is 26.3 Å². The highest BCUT2D eigenvalue weighted by Crippen LogP contribution is 2.34. The Labute approximate surface area is 203 Å². The van der Waals surface area contributed by atoms with E-state index in [9.17, 15) is 9.59 Å². The number of rotatable bonds is 7. The standard InChI is InChI=1S/C23H18ClIN2O5/c1-30-18-8-6-15(7-9-18)23(29)32-21-19(25)10-14(11-20(21)31-2)13-26-27-22(28)16-4-3-5-17(24)12-16/h3-13H,1-2H3,(H,27,28)/b26-13-. The molecule has 0 bridgehead atoms. The van der Waals surface area contributed by atoms with Gasteiger partial charge in [-0.1, -0.05) is 17.7 Å². The summed E-state index contributed by atoms with van der Waals surface area (Å²) in [7, 11) is 3.02. The third-order valence-corrected chi connectivity index (χ3v) is 5.28. The van der Waals surface area contributed by atoms with Crippen LogP contribution < -0.4 is 19.6 Å². The van der Waals surface area contributed by atoms with Crippen molar-refractivity contribution in [2.45, 2.75) is 0 Å². The van der Waals surface area contributed by atoms with E-state index in [-0.39, 0.29) is 5.75 Å². The van der Waals surface area contributed by atoms with Crippen LogP contribution in [-0.2, 0) is 0 Å². The summed E-state index contributed by atoms with van der Waals surface area (Å²) < 4.78 is 16.7. The summed E-state index contributed by atoms with van der Waals surface area (Å²) >= 11 is 7.93. The second kappa shape index (κ2) is 11.0. The number of carbonyl (C=O) groups is 2. The van der Waals surface area contributed by atoms with Crippen molar-refractivity contribution in [2.75, 3.05) is 14.2 Å². The predicted molar refractivity (Wildman–Crippen MR) is 130 cm³/mol. The lowest BCUT2D eigenvalue weighted by Gasteiger charge is -2.12. The van der Waals surface area contributed by atoms with Crippen molar-refractivity contribution in [1.29, 1.82) is 0 Å². The Kier molecular flexibility index (Phi) is 8.07. The van der Waals surface area contributed by atoms with Gasteiger partial charge in [-0.3, -0.25) is 4.79 Å². The molecule has 0 saturated heterocycles. The van der Waals surface area contributed by atoms with E-state index in [1.807, 2.05) is 22.6 Å². The summed E-state index contributed by atoms with van der Waals surface area (Å²) in [6.07, 6.45) is 1.46. The summed E-state index contributed by atoms with van der Waals surface area (Å²) in [5, 5.41) is 4.43. The number of benzene rings is 3. The van der Waals surface area contributed by atoms with Gasteiger partial charge in [0, 0.05) is 10.6 Å². The van der Waals surface area contributed by atoms with Crippen LogP contribution in [0.3, 0.4) is 0 Å². The van der Waals surface area contributed by atoms with Gasteiger partial charge in [0.15, 0.2) is 11.5 Å². The van der Waals surface area contributed by atoms with Gasteiger partial charge in [0.1, 0.15) is 5.75 Å². The Morgan fingerprint density at radius 3 is 2.41 bits per heavy atom. The van der Waals surface area contributed by atoms with Gasteiger partial charge in [-0.15, -0.1) is 0 Å². The molecule has 3 aromatic rings. The predicted octanol–water partition coefficient (Wildman–Crippen LogP) is 4.94. The van der Waals surface area contributed by atoms with Crippen molar-refractivity contribution in [1.82, 2.24) is 5.43 Å². The highest BCUT2D eigenvalue weighted by molar-refractivity contribution is 14.1. The topological polar surface area (TPSA) is 86.2 Å². The molecule has 32 heavy (non-hydrogen) atoms. The average Bonchev–Trinajstić information content (AvgIpc) is 2.80. The molecule has 9 heteroatoms. The monoisotopic (exact) mass is 564 g/mol. The maximum absolute atomic E-state index is 12.5. The number of hydrogen-bond acceptors (Lipinski definition) is 6. The van der Waals surface area contributed by atoms with E-state index in [0.717, 1.165) is 0 Å². The Bertz CT molecular complexity index is 1170. The second-order valence-electron chi connectivity index (χ2n) is 6.36. The van der Waals surface area contributed by atoms with E-state index in [4.69, 9.17) is 25.8 Å². The van der Waals surface area contributed by atoms with Gasteiger partial charge in [-0.2, -0.15) is 5.10 Å². The molecule has 164 valence electrons. The minimum Gasteiger partial charge on any atom is -0.497 e. The molecule has 0 heterocycles. The highest BCUT2D eigenvalue weighted by atomic mass is 127. The van der Waals surface area contributed by atoms with Crippen LogP contribution in [0.5, 0.6) is 17.2 Å². The molecule has 0 unspecified atom stereocenters. The molecule has 7 nitrogen and oxygen atoms in total. The van der Waals surface area contributed by atoms with E-state index in [2.05, 4.69) is 10.5 Å². The largest absolute Gasteiger partial charge is 0.497 e. The molecule has 0 saturated carbocycles. The molecule has 0 radical (unpaired) electrons. The first-order chi connectivity index (χ1) is 15.4. The molecule has 1 amide bonds. The van der Waals surface area contributed by atoms with Crippen LogP contribution in [0.2, 0.25) is 5.02 Å². The van der Waals surface area contributed by atoms with Gasteiger partial charge in [-0.25, -0.2) is 10.2 Å². The quantitative estimate of drug-likeness (QED) is 0.144. The second-order valence-corrected chi connectivity index (χ2v) is 7.96. The Morgan fingerprint density at radius 2 is 1.75 bits per heavy atom. The summed E-state index contributed by atoms with van der Waals surface area (Å²) in [6, 6.07) is 16.5. The Balaban J connectivity index is 1.73. The van der Waals surface area contributed by atoms with E-state index in [1.54, 1.807) is 67.8 Å². The van der Waals surface area contributed by atoms with Crippen molar-refractivity contribution in [3.63, 3.8) is 0 Å². The zero-order valence-corrected chi connectivity index (χ0v) is 20.0. The summed E-state index contributed by atoms with van der Waals surface area (Å²) in [5.74, 6) is 0.352. The number of nitrogens with one attached hydrogen (secondary N) is 1. The van der Waals surface area contributed by atoms with Crippen LogP contribution in [0, 0.1) is 3.57 Å².